The van der Waals surface area contributed by atoms with E-state index in [1.807, 2.05) is 0 Å². The summed E-state index contributed by atoms with van der Waals surface area (Å²) in [5.74, 6) is 0.306. The van der Waals surface area contributed by atoms with E-state index in [0.717, 1.165) is 5.56 Å². The highest BCUT2D eigenvalue weighted by Gasteiger charge is 2.35. The summed E-state index contributed by atoms with van der Waals surface area (Å²) >= 11 is 0. The fourth-order valence-corrected chi connectivity index (χ4v) is 2.20. The summed E-state index contributed by atoms with van der Waals surface area (Å²) in [6, 6.07) is 4.91. The molecule has 0 aliphatic carbocycles. The average molecular weight is 328 g/mol. The Kier molecular flexibility index (Phi) is 7.63. The minimum Gasteiger partial charge on any atom is -0.496 e. The van der Waals surface area contributed by atoms with Gasteiger partial charge in [0.15, 0.2) is 0 Å². The van der Waals surface area contributed by atoms with Gasteiger partial charge in [0.2, 0.25) is 0 Å². The zero-order valence-corrected chi connectivity index (χ0v) is 12.9. The van der Waals surface area contributed by atoms with Gasteiger partial charge in [0.1, 0.15) is 36.3 Å². The molecule has 1 rings (SSSR count). The summed E-state index contributed by atoms with van der Waals surface area (Å²) in [4.78, 5) is 0. The molecule has 1 aromatic rings. The third-order valence-electron chi connectivity index (χ3n) is 3.60. The SMILES string of the molecule is C=CCc1ccc(C(O)[C@@H](O)[C@@H](O)[C@H](O)[C@H](O)CO)c(OC)c1. The molecule has 1 aromatic carbocycles. The van der Waals surface area contributed by atoms with Gasteiger partial charge < -0.3 is 35.4 Å². The third kappa shape index (κ3) is 4.74. The second kappa shape index (κ2) is 8.97. The molecule has 0 aromatic heterocycles. The summed E-state index contributed by atoms with van der Waals surface area (Å²) in [6.45, 7) is 2.84. The van der Waals surface area contributed by atoms with Crippen molar-refractivity contribution in [1.82, 2.24) is 0 Å². The Balaban J connectivity index is 2.98. The summed E-state index contributed by atoms with van der Waals surface area (Å²) in [5, 5.41) is 57.8. The molecule has 0 bridgehead atoms. The van der Waals surface area contributed by atoms with E-state index in [0.29, 0.717) is 12.2 Å². The summed E-state index contributed by atoms with van der Waals surface area (Å²) in [5.41, 5.74) is 1.11. The van der Waals surface area contributed by atoms with Crippen LogP contribution in [0.15, 0.2) is 30.9 Å². The maximum absolute atomic E-state index is 10.2. The van der Waals surface area contributed by atoms with Crippen LogP contribution < -0.4 is 4.74 Å². The van der Waals surface area contributed by atoms with Gasteiger partial charge in [0.05, 0.1) is 13.7 Å². The Bertz CT molecular complexity index is 505. The first-order chi connectivity index (χ1) is 10.9. The number of rotatable bonds is 9. The van der Waals surface area contributed by atoms with Gasteiger partial charge in [-0.15, -0.1) is 6.58 Å². The Morgan fingerprint density at radius 3 is 2.26 bits per heavy atom. The summed E-state index contributed by atoms with van der Waals surface area (Å²) in [7, 11) is 1.40. The molecule has 0 aliphatic rings. The zero-order valence-electron chi connectivity index (χ0n) is 12.9. The fraction of sp³-hybridized carbons (Fsp3) is 0.500. The molecule has 7 heteroatoms. The largest absolute Gasteiger partial charge is 0.496 e. The van der Waals surface area contributed by atoms with Gasteiger partial charge in [-0.05, 0) is 18.1 Å². The lowest BCUT2D eigenvalue weighted by atomic mass is 9.94. The van der Waals surface area contributed by atoms with Crippen LogP contribution in [0.5, 0.6) is 5.75 Å². The highest BCUT2D eigenvalue weighted by atomic mass is 16.5. The molecule has 0 aliphatic heterocycles. The Hall–Kier alpha value is -1.48. The number of aliphatic hydroxyl groups is 6. The Morgan fingerprint density at radius 2 is 1.74 bits per heavy atom. The molecule has 1 unspecified atom stereocenters. The van der Waals surface area contributed by atoms with Crippen molar-refractivity contribution in [3.8, 4) is 5.75 Å². The van der Waals surface area contributed by atoms with Crippen molar-refractivity contribution in [3.05, 3.63) is 42.0 Å². The molecule has 23 heavy (non-hydrogen) atoms. The monoisotopic (exact) mass is 328 g/mol. The van der Waals surface area contributed by atoms with Crippen LogP contribution in [0.2, 0.25) is 0 Å². The van der Waals surface area contributed by atoms with Gasteiger partial charge >= 0.3 is 0 Å². The van der Waals surface area contributed by atoms with E-state index in [2.05, 4.69) is 6.58 Å². The van der Waals surface area contributed by atoms with Gasteiger partial charge in [0, 0.05) is 5.56 Å². The Morgan fingerprint density at radius 1 is 1.09 bits per heavy atom. The average Bonchev–Trinajstić information content (AvgIpc) is 2.58. The normalized spacial score (nSPS) is 17.9. The second-order valence-electron chi connectivity index (χ2n) is 5.24. The highest BCUT2D eigenvalue weighted by Crippen LogP contribution is 2.30. The molecule has 0 spiro atoms. The van der Waals surface area contributed by atoms with Crippen molar-refractivity contribution in [1.29, 1.82) is 0 Å². The number of allylic oxidation sites excluding steroid dienone is 1. The van der Waals surface area contributed by atoms with Crippen molar-refractivity contribution in [2.24, 2.45) is 0 Å². The molecule has 0 amide bonds. The predicted molar refractivity (Wildman–Crippen MR) is 83.0 cm³/mol. The molecule has 0 saturated heterocycles. The molecular formula is C16H24O7. The number of hydrogen-bond acceptors (Lipinski definition) is 7. The maximum Gasteiger partial charge on any atom is 0.125 e. The Labute approximate surface area is 134 Å². The topological polar surface area (TPSA) is 131 Å². The summed E-state index contributed by atoms with van der Waals surface area (Å²) < 4.78 is 5.17. The minimum absolute atomic E-state index is 0.220. The van der Waals surface area contributed by atoms with E-state index in [-0.39, 0.29) is 5.56 Å². The number of benzene rings is 1. The molecule has 0 heterocycles. The van der Waals surface area contributed by atoms with E-state index in [1.54, 1.807) is 18.2 Å². The van der Waals surface area contributed by atoms with E-state index >= 15 is 0 Å². The highest BCUT2D eigenvalue weighted by molar-refractivity contribution is 5.40. The molecule has 6 N–H and O–H groups in total. The number of ether oxygens (including phenoxy) is 1. The first-order valence-electron chi connectivity index (χ1n) is 7.16. The van der Waals surface area contributed by atoms with Crippen LogP contribution in [0.3, 0.4) is 0 Å². The van der Waals surface area contributed by atoms with Crippen LogP contribution in [-0.2, 0) is 6.42 Å². The lowest BCUT2D eigenvalue weighted by molar-refractivity contribution is -0.141. The van der Waals surface area contributed by atoms with E-state index in [4.69, 9.17) is 9.84 Å². The van der Waals surface area contributed by atoms with Crippen LogP contribution in [0, 0.1) is 0 Å². The van der Waals surface area contributed by atoms with Gasteiger partial charge in [-0.3, -0.25) is 0 Å². The first-order valence-corrected chi connectivity index (χ1v) is 7.16. The fourth-order valence-electron chi connectivity index (χ4n) is 2.20. The van der Waals surface area contributed by atoms with Gasteiger partial charge in [0.25, 0.3) is 0 Å². The molecule has 0 saturated carbocycles. The standard InChI is InChI=1S/C16H24O7/c1-3-4-9-5-6-10(12(7-9)23-2)13(19)15(21)16(22)14(20)11(18)8-17/h3,5-7,11,13-22H,1,4,8H2,2H3/t11-,13?,14-,15-,16+/m1/s1. The van der Waals surface area contributed by atoms with Crippen molar-refractivity contribution in [2.75, 3.05) is 13.7 Å². The smallest absolute Gasteiger partial charge is 0.125 e. The van der Waals surface area contributed by atoms with E-state index < -0.39 is 37.1 Å². The van der Waals surface area contributed by atoms with Crippen molar-refractivity contribution < 1.29 is 35.4 Å². The molecule has 0 fully saturated rings. The van der Waals surface area contributed by atoms with Crippen LogP contribution in [0.4, 0.5) is 0 Å². The lowest BCUT2D eigenvalue weighted by Gasteiger charge is -2.29. The van der Waals surface area contributed by atoms with Crippen molar-refractivity contribution in [2.45, 2.75) is 36.9 Å². The van der Waals surface area contributed by atoms with Crippen LogP contribution >= 0.6 is 0 Å². The van der Waals surface area contributed by atoms with Crippen LogP contribution in [0.25, 0.3) is 0 Å². The minimum atomic E-state index is -1.86. The third-order valence-corrected chi connectivity index (χ3v) is 3.60. The maximum atomic E-state index is 10.2. The molecule has 7 nitrogen and oxygen atoms in total. The molecule has 5 atom stereocenters. The van der Waals surface area contributed by atoms with E-state index in [1.165, 1.54) is 13.2 Å². The van der Waals surface area contributed by atoms with Crippen LogP contribution in [-0.4, -0.2) is 68.8 Å². The van der Waals surface area contributed by atoms with Gasteiger partial charge in [-0.2, -0.15) is 0 Å². The molecule has 0 radical (unpaired) electrons. The van der Waals surface area contributed by atoms with E-state index in [9.17, 15) is 25.5 Å². The number of hydrogen-bond donors (Lipinski definition) is 6. The molecular weight excluding hydrogens is 304 g/mol. The number of methoxy groups -OCH3 is 1. The summed E-state index contributed by atoms with van der Waals surface area (Å²) in [6.07, 6.45) is -6.34. The van der Waals surface area contributed by atoms with Crippen molar-refractivity contribution in [3.63, 3.8) is 0 Å². The van der Waals surface area contributed by atoms with Crippen LogP contribution in [0.1, 0.15) is 17.2 Å². The molecule has 130 valence electrons. The van der Waals surface area contributed by atoms with Gasteiger partial charge in [-0.1, -0.05) is 18.2 Å². The lowest BCUT2D eigenvalue weighted by Crippen LogP contribution is -2.47. The quantitative estimate of drug-likeness (QED) is 0.317. The first kappa shape index (κ1) is 19.6. The zero-order chi connectivity index (χ0) is 17.6. The predicted octanol–water partition coefficient (Wildman–Crippen LogP) is -1.11. The number of aliphatic hydroxyl groups excluding tert-OH is 6. The van der Waals surface area contributed by atoms with Gasteiger partial charge in [-0.25, -0.2) is 0 Å². The van der Waals surface area contributed by atoms with Crippen molar-refractivity contribution >= 4 is 0 Å². The second-order valence-corrected chi connectivity index (χ2v) is 5.24.